The van der Waals surface area contributed by atoms with E-state index in [9.17, 15) is 0 Å². The van der Waals surface area contributed by atoms with E-state index in [-0.39, 0.29) is 10.8 Å². The summed E-state index contributed by atoms with van der Waals surface area (Å²) in [5, 5.41) is -0.384. The topological polar surface area (TPSA) is 0 Å². The lowest BCUT2D eigenvalue weighted by atomic mass is 10.4. The van der Waals surface area contributed by atoms with Gasteiger partial charge in [0.2, 0.25) is 0 Å². The standard InChI is InChI=1S/C4H7Cl5Si/c1-3(5)4(6)2-10(7,8)9/h3-4H,2H2,1H3. The quantitative estimate of drug-likeness (QED) is 0.410. The van der Waals surface area contributed by atoms with Gasteiger partial charge in [-0.3, -0.25) is 0 Å². The third-order valence-electron chi connectivity index (χ3n) is 0.925. The van der Waals surface area contributed by atoms with Crippen molar-refractivity contribution >= 4 is 62.4 Å². The fourth-order valence-electron chi connectivity index (χ4n) is 0.384. The van der Waals surface area contributed by atoms with Crippen LogP contribution in [0.4, 0.5) is 0 Å². The molecule has 0 aliphatic rings. The van der Waals surface area contributed by atoms with Gasteiger partial charge in [-0.2, -0.15) is 0 Å². The van der Waals surface area contributed by atoms with Gasteiger partial charge in [0.25, 0.3) is 0 Å². The zero-order chi connectivity index (χ0) is 8.36. The Labute approximate surface area is 85.8 Å². The van der Waals surface area contributed by atoms with Crippen molar-refractivity contribution in [2.75, 3.05) is 0 Å². The lowest BCUT2D eigenvalue weighted by Crippen LogP contribution is -2.21. The molecule has 0 amide bonds. The molecule has 0 N–H and O–H groups in total. The minimum atomic E-state index is -2.58. The number of alkyl halides is 2. The molecule has 0 heterocycles. The Morgan fingerprint density at radius 3 is 1.70 bits per heavy atom. The summed E-state index contributed by atoms with van der Waals surface area (Å²) in [5.74, 6) is 0. The molecule has 0 rings (SSSR count). The predicted octanol–water partition coefficient (Wildman–Crippen LogP) is 3.88. The molecular weight excluding hydrogens is 253 g/mol. The van der Waals surface area contributed by atoms with Gasteiger partial charge in [0.15, 0.2) is 0 Å². The Morgan fingerprint density at radius 1 is 1.20 bits per heavy atom. The Hall–Kier alpha value is 1.67. The molecule has 2 atom stereocenters. The summed E-state index contributed by atoms with van der Waals surface area (Å²) in [6.45, 7) is 1.78. The molecule has 0 aromatic rings. The summed E-state index contributed by atoms with van der Waals surface area (Å²) in [6, 6.07) is -2.18. The van der Waals surface area contributed by atoms with Gasteiger partial charge in [-0.1, -0.05) is 0 Å². The van der Waals surface area contributed by atoms with Crippen LogP contribution in [0.2, 0.25) is 6.04 Å². The predicted molar refractivity (Wildman–Crippen MR) is 53.1 cm³/mol. The molecule has 0 aromatic carbocycles. The number of hydrogen-bond acceptors (Lipinski definition) is 0. The molecule has 0 saturated heterocycles. The summed E-state index contributed by atoms with van der Waals surface area (Å²) in [6.07, 6.45) is 0. The van der Waals surface area contributed by atoms with Crippen molar-refractivity contribution in [1.29, 1.82) is 0 Å². The Bertz CT molecular complexity index is 98.3. The van der Waals surface area contributed by atoms with E-state index < -0.39 is 6.00 Å². The Kier molecular flexibility index (Phi) is 5.41. The van der Waals surface area contributed by atoms with Crippen LogP contribution in [-0.4, -0.2) is 16.8 Å². The van der Waals surface area contributed by atoms with E-state index >= 15 is 0 Å². The van der Waals surface area contributed by atoms with Gasteiger partial charge in [0, 0.05) is 11.4 Å². The second-order valence-corrected chi connectivity index (χ2v) is 12.4. The van der Waals surface area contributed by atoms with Crippen LogP contribution in [0.5, 0.6) is 0 Å². The van der Waals surface area contributed by atoms with Crippen molar-refractivity contribution in [2.24, 2.45) is 0 Å². The maximum Gasteiger partial charge on any atom is 0.342 e. The first-order valence-electron chi connectivity index (χ1n) is 2.68. The number of hydrogen-bond donors (Lipinski definition) is 0. The van der Waals surface area contributed by atoms with Crippen LogP contribution in [-0.2, 0) is 0 Å². The summed E-state index contributed by atoms with van der Waals surface area (Å²) >= 11 is 28.2. The summed E-state index contributed by atoms with van der Waals surface area (Å²) in [7, 11) is 0. The highest BCUT2D eigenvalue weighted by Crippen LogP contribution is 2.30. The zero-order valence-corrected chi connectivity index (χ0v) is 10.0. The van der Waals surface area contributed by atoms with Crippen LogP contribution in [0.1, 0.15) is 6.92 Å². The molecule has 0 nitrogen and oxygen atoms in total. The van der Waals surface area contributed by atoms with Crippen LogP contribution in [0.25, 0.3) is 0 Å². The third-order valence-corrected chi connectivity index (χ3v) is 4.44. The molecule has 0 fully saturated rings. The average molecular weight is 260 g/mol. The smallest absolute Gasteiger partial charge is 0.126 e. The maximum absolute atomic E-state index is 5.75. The highest BCUT2D eigenvalue weighted by molar-refractivity contribution is 7.64. The Morgan fingerprint density at radius 2 is 1.60 bits per heavy atom. The summed E-state index contributed by atoms with van der Waals surface area (Å²) in [4.78, 5) is 0. The van der Waals surface area contributed by atoms with Gasteiger partial charge in [-0.05, 0) is 6.92 Å². The molecule has 0 saturated carbocycles. The highest BCUT2D eigenvalue weighted by atomic mass is 35.8. The van der Waals surface area contributed by atoms with Crippen LogP contribution >= 0.6 is 56.4 Å². The first-order valence-corrected chi connectivity index (χ1v) is 8.79. The molecular formula is C4H7Cl5Si. The first-order chi connectivity index (χ1) is 4.33. The molecule has 6 heteroatoms. The number of rotatable bonds is 3. The van der Waals surface area contributed by atoms with Gasteiger partial charge >= 0.3 is 6.00 Å². The molecule has 0 bridgehead atoms. The van der Waals surface area contributed by atoms with E-state index in [4.69, 9.17) is 56.4 Å². The van der Waals surface area contributed by atoms with E-state index in [2.05, 4.69) is 0 Å². The van der Waals surface area contributed by atoms with E-state index in [0.717, 1.165) is 0 Å². The number of halogens is 5. The van der Waals surface area contributed by atoms with Crippen LogP contribution in [0.3, 0.4) is 0 Å². The van der Waals surface area contributed by atoms with Gasteiger partial charge in [0.05, 0.1) is 5.38 Å². The minimum absolute atomic E-state index is 0.148. The molecule has 0 aromatic heterocycles. The van der Waals surface area contributed by atoms with E-state index in [0.29, 0.717) is 6.04 Å². The molecule has 10 heavy (non-hydrogen) atoms. The highest BCUT2D eigenvalue weighted by Gasteiger charge is 2.30. The van der Waals surface area contributed by atoms with Crippen LogP contribution in [0.15, 0.2) is 0 Å². The summed E-state index contributed by atoms with van der Waals surface area (Å²) in [5.41, 5.74) is 0. The fourth-order valence-corrected chi connectivity index (χ4v) is 4.32. The van der Waals surface area contributed by atoms with Crippen LogP contribution in [0, 0.1) is 0 Å². The molecule has 0 radical (unpaired) electrons. The Balaban J connectivity index is 3.68. The normalized spacial score (nSPS) is 18.6. The average Bonchev–Trinajstić information content (AvgIpc) is 1.60. The molecule has 62 valence electrons. The monoisotopic (exact) mass is 258 g/mol. The third kappa shape index (κ3) is 6.38. The molecule has 0 spiro atoms. The van der Waals surface area contributed by atoms with Crippen molar-refractivity contribution in [2.45, 2.75) is 23.7 Å². The van der Waals surface area contributed by atoms with Crippen LogP contribution < -0.4 is 0 Å². The van der Waals surface area contributed by atoms with Crippen molar-refractivity contribution < 1.29 is 0 Å². The van der Waals surface area contributed by atoms with Crippen molar-refractivity contribution in [3.05, 3.63) is 0 Å². The molecule has 2 unspecified atom stereocenters. The van der Waals surface area contributed by atoms with Gasteiger partial charge in [-0.15, -0.1) is 56.4 Å². The van der Waals surface area contributed by atoms with Gasteiger partial charge in [-0.25, -0.2) is 0 Å². The molecule has 0 aliphatic carbocycles. The second-order valence-electron chi connectivity index (χ2n) is 2.01. The fraction of sp³-hybridized carbons (Fsp3) is 1.00. The maximum atomic E-state index is 5.75. The van der Waals surface area contributed by atoms with E-state index in [1.54, 1.807) is 6.92 Å². The van der Waals surface area contributed by atoms with E-state index in [1.165, 1.54) is 0 Å². The minimum Gasteiger partial charge on any atom is -0.126 e. The van der Waals surface area contributed by atoms with Crippen molar-refractivity contribution in [3.63, 3.8) is 0 Å². The molecule has 0 aliphatic heterocycles. The van der Waals surface area contributed by atoms with Gasteiger partial charge < -0.3 is 0 Å². The largest absolute Gasteiger partial charge is 0.342 e. The van der Waals surface area contributed by atoms with Crippen molar-refractivity contribution in [3.8, 4) is 0 Å². The zero-order valence-electron chi connectivity index (χ0n) is 5.25. The second kappa shape index (κ2) is 4.63. The van der Waals surface area contributed by atoms with E-state index in [1.807, 2.05) is 0 Å². The lowest BCUT2D eigenvalue weighted by molar-refractivity contribution is 0.898. The summed E-state index contributed by atoms with van der Waals surface area (Å²) < 4.78 is 0. The van der Waals surface area contributed by atoms with Gasteiger partial charge in [0.1, 0.15) is 0 Å². The lowest BCUT2D eigenvalue weighted by Gasteiger charge is -2.14. The first kappa shape index (κ1) is 11.7. The SMILES string of the molecule is CC(Cl)C(Cl)C[Si](Cl)(Cl)Cl. The van der Waals surface area contributed by atoms with Crippen molar-refractivity contribution in [1.82, 2.24) is 0 Å².